The van der Waals surface area contributed by atoms with E-state index in [0.29, 0.717) is 19.5 Å². The van der Waals surface area contributed by atoms with Gasteiger partial charge in [0, 0.05) is 25.2 Å². The molecule has 0 radical (unpaired) electrons. The van der Waals surface area contributed by atoms with Gasteiger partial charge in [-0.25, -0.2) is 0 Å². The van der Waals surface area contributed by atoms with Crippen molar-refractivity contribution in [2.75, 3.05) is 13.1 Å². The minimum atomic E-state index is -0.0469. The number of carbonyl (C=O) groups is 1. The molecule has 0 spiro atoms. The molecule has 0 aromatic rings. The third-order valence-electron chi connectivity index (χ3n) is 2.38. The van der Waals surface area contributed by atoms with Gasteiger partial charge in [0.25, 0.3) is 0 Å². The monoisotopic (exact) mass is 223 g/mol. The summed E-state index contributed by atoms with van der Waals surface area (Å²) >= 11 is 0. The van der Waals surface area contributed by atoms with Crippen LogP contribution in [0.3, 0.4) is 0 Å². The van der Waals surface area contributed by atoms with Crippen molar-refractivity contribution in [2.24, 2.45) is 5.73 Å². The summed E-state index contributed by atoms with van der Waals surface area (Å²) < 4.78 is 0. The van der Waals surface area contributed by atoms with Crippen LogP contribution >= 0.6 is 0 Å². The molecule has 0 heterocycles. The third-order valence-corrected chi connectivity index (χ3v) is 2.38. The van der Waals surface area contributed by atoms with E-state index in [2.05, 4.69) is 6.07 Å². The SMILES string of the molecule is CCCN(C(=O)/C=C/CN)[C@H](CC)CC#N. The van der Waals surface area contributed by atoms with E-state index < -0.39 is 0 Å². The quantitative estimate of drug-likeness (QED) is 0.664. The summed E-state index contributed by atoms with van der Waals surface area (Å²) in [5.74, 6) is -0.0469. The Hall–Kier alpha value is -1.34. The topological polar surface area (TPSA) is 70.1 Å². The molecule has 0 unspecified atom stereocenters. The predicted octanol–water partition coefficient (Wildman–Crippen LogP) is 1.43. The van der Waals surface area contributed by atoms with Crippen molar-refractivity contribution in [1.29, 1.82) is 5.26 Å². The van der Waals surface area contributed by atoms with Crippen LogP contribution in [0.4, 0.5) is 0 Å². The van der Waals surface area contributed by atoms with E-state index in [1.807, 2.05) is 13.8 Å². The van der Waals surface area contributed by atoms with Crippen LogP contribution in [0.5, 0.6) is 0 Å². The van der Waals surface area contributed by atoms with Crippen molar-refractivity contribution in [2.45, 2.75) is 39.2 Å². The molecule has 0 saturated heterocycles. The zero-order chi connectivity index (χ0) is 12.4. The number of hydrogen-bond acceptors (Lipinski definition) is 3. The summed E-state index contributed by atoms with van der Waals surface area (Å²) in [6.07, 6.45) is 5.22. The number of hydrogen-bond donors (Lipinski definition) is 1. The molecule has 1 atom stereocenters. The lowest BCUT2D eigenvalue weighted by Gasteiger charge is -2.28. The molecule has 16 heavy (non-hydrogen) atoms. The van der Waals surface area contributed by atoms with Crippen molar-refractivity contribution in [3.05, 3.63) is 12.2 Å². The lowest BCUT2D eigenvalue weighted by molar-refractivity contribution is -0.128. The Morgan fingerprint density at radius 2 is 2.25 bits per heavy atom. The van der Waals surface area contributed by atoms with Crippen LogP contribution < -0.4 is 5.73 Å². The average Bonchev–Trinajstić information content (AvgIpc) is 2.30. The fourth-order valence-corrected chi connectivity index (χ4v) is 1.56. The van der Waals surface area contributed by atoms with E-state index in [0.717, 1.165) is 12.8 Å². The Morgan fingerprint density at radius 3 is 2.69 bits per heavy atom. The zero-order valence-electron chi connectivity index (χ0n) is 10.1. The molecule has 0 saturated carbocycles. The molecule has 0 bridgehead atoms. The van der Waals surface area contributed by atoms with E-state index in [-0.39, 0.29) is 11.9 Å². The Morgan fingerprint density at radius 1 is 1.56 bits per heavy atom. The summed E-state index contributed by atoms with van der Waals surface area (Å²) in [7, 11) is 0. The van der Waals surface area contributed by atoms with E-state index in [4.69, 9.17) is 11.0 Å². The van der Waals surface area contributed by atoms with Gasteiger partial charge in [-0.15, -0.1) is 0 Å². The van der Waals surface area contributed by atoms with Crippen molar-refractivity contribution >= 4 is 5.91 Å². The lowest BCUT2D eigenvalue weighted by atomic mass is 10.1. The summed E-state index contributed by atoms with van der Waals surface area (Å²) in [6.45, 7) is 5.06. The summed E-state index contributed by atoms with van der Waals surface area (Å²) in [5.41, 5.74) is 5.31. The van der Waals surface area contributed by atoms with Crippen LogP contribution in [0.1, 0.15) is 33.1 Å². The molecule has 2 N–H and O–H groups in total. The normalized spacial score (nSPS) is 12.4. The second kappa shape index (κ2) is 8.93. The van der Waals surface area contributed by atoms with Gasteiger partial charge in [0.2, 0.25) is 5.91 Å². The van der Waals surface area contributed by atoms with Crippen LogP contribution in [-0.4, -0.2) is 29.9 Å². The molecule has 0 fully saturated rings. The van der Waals surface area contributed by atoms with E-state index in [1.54, 1.807) is 11.0 Å². The fraction of sp³-hybridized carbons (Fsp3) is 0.667. The van der Waals surface area contributed by atoms with Gasteiger partial charge in [-0.1, -0.05) is 19.9 Å². The fourth-order valence-electron chi connectivity index (χ4n) is 1.56. The molecule has 0 aromatic carbocycles. The maximum atomic E-state index is 11.8. The highest BCUT2D eigenvalue weighted by Crippen LogP contribution is 2.10. The van der Waals surface area contributed by atoms with E-state index in [9.17, 15) is 4.79 Å². The summed E-state index contributed by atoms with van der Waals surface area (Å²) in [5, 5.41) is 8.72. The molecule has 4 heteroatoms. The maximum Gasteiger partial charge on any atom is 0.246 e. The van der Waals surface area contributed by atoms with Gasteiger partial charge in [0.1, 0.15) is 0 Å². The molecular formula is C12H21N3O. The molecule has 90 valence electrons. The van der Waals surface area contributed by atoms with Crippen LogP contribution in [0.15, 0.2) is 12.2 Å². The summed E-state index contributed by atoms with van der Waals surface area (Å²) in [4.78, 5) is 13.6. The summed E-state index contributed by atoms with van der Waals surface area (Å²) in [6, 6.07) is 2.14. The van der Waals surface area contributed by atoms with Gasteiger partial charge >= 0.3 is 0 Å². The maximum absolute atomic E-state index is 11.8. The average molecular weight is 223 g/mol. The first-order valence-electron chi connectivity index (χ1n) is 5.75. The number of nitriles is 1. The molecule has 0 aliphatic rings. The first-order valence-corrected chi connectivity index (χ1v) is 5.75. The highest BCUT2D eigenvalue weighted by Gasteiger charge is 2.19. The van der Waals surface area contributed by atoms with Crippen molar-refractivity contribution in [3.63, 3.8) is 0 Å². The number of amides is 1. The van der Waals surface area contributed by atoms with Crippen molar-refractivity contribution in [1.82, 2.24) is 4.90 Å². The lowest BCUT2D eigenvalue weighted by Crippen LogP contribution is -2.39. The molecular weight excluding hydrogens is 202 g/mol. The standard InChI is InChI=1S/C12H21N3O/c1-3-10-15(11(4-2)7-9-14)12(16)6-5-8-13/h5-6,11H,3-4,7-8,10,13H2,1-2H3/b6-5+/t11-/m1/s1. The van der Waals surface area contributed by atoms with E-state index >= 15 is 0 Å². The minimum absolute atomic E-state index is 0.0138. The second-order valence-electron chi connectivity index (χ2n) is 3.59. The van der Waals surface area contributed by atoms with Gasteiger partial charge in [-0.2, -0.15) is 5.26 Å². The van der Waals surface area contributed by atoms with Crippen LogP contribution in [0, 0.1) is 11.3 Å². The van der Waals surface area contributed by atoms with Crippen LogP contribution in [-0.2, 0) is 4.79 Å². The van der Waals surface area contributed by atoms with Crippen molar-refractivity contribution in [3.8, 4) is 6.07 Å². The number of nitrogens with two attached hydrogens (primary N) is 1. The molecule has 4 nitrogen and oxygen atoms in total. The molecule has 0 aliphatic carbocycles. The number of rotatable bonds is 7. The highest BCUT2D eigenvalue weighted by atomic mass is 16.2. The van der Waals surface area contributed by atoms with Gasteiger partial charge in [-0.3, -0.25) is 4.79 Å². The van der Waals surface area contributed by atoms with Gasteiger partial charge in [0.05, 0.1) is 12.5 Å². The third kappa shape index (κ3) is 4.94. The van der Waals surface area contributed by atoms with Gasteiger partial charge in [0.15, 0.2) is 0 Å². The number of nitrogens with zero attached hydrogens (tertiary/aromatic N) is 2. The molecule has 0 aliphatic heterocycles. The Labute approximate surface area is 97.7 Å². The Bertz CT molecular complexity index is 268. The molecule has 0 rings (SSSR count). The van der Waals surface area contributed by atoms with E-state index in [1.165, 1.54) is 6.08 Å². The first kappa shape index (κ1) is 14.7. The minimum Gasteiger partial charge on any atom is -0.335 e. The first-order chi connectivity index (χ1) is 7.71. The smallest absolute Gasteiger partial charge is 0.246 e. The predicted molar refractivity (Wildman–Crippen MR) is 64.5 cm³/mol. The molecule has 0 aromatic heterocycles. The number of carbonyl (C=O) groups excluding carboxylic acids is 1. The largest absolute Gasteiger partial charge is 0.335 e. The van der Waals surface area contributed by atoms with Gasteiger partial charge in [-0.05, 0) is 12.8 Å². The van der Waals surface area contributed by atoms with Crippen LogP contribution in [0.2, 0.25) is 0 Å². The van der Waals surface area contributed by atoms with Crippen molar-refractivity contribution < 1.29 is 4.79 Å². The Kier molecular flexibility index (Phi) is 8.18. The highest BCUT2D eigenvalue weighted by molar-refractivity contribution is 5.87. The second-order valence-corrected chi connectivity index (χ2v) is 3.59. The Balaban J connectivity index is 4.62. The van der Waals surface area contributed by atoms with Crippen LogP contribution in [0.25, 0.3) is 0 Å². The molecule has 1 amide bonds. The van der Waals surface area contributed by atoms with Gasteiger partial charge < -0.3 is 10.6 Å². The zero-order valence-corrected chi connectivity index (χ0v) is 10.1.